The van der Waals surface area contributed by atoms with Gasteiger partial charge in [-0.25, -0.2) is 0 Å². The molecule has 16 heavy (non-hydrogen) atoms. The summed E-state index contributed by atoms with van der Waals surface area (Å²) in [5, 5.41) is 4.44. The lowest BCUT2D eigenvalue weighted by Crippen LogP contribution is -2.24. The molecule has 0 fully saturated rings. The average Bonchev–Trinajstić information content (AvgIpc) is 2.47. The molecule has 1 aromatic carbocycles. The van der Waals surface area contributed by atoms with Crippen molar-refractivity contribution in [2.75, 3.05) is 6.54 Å². The Morgan fingerprint density at radius 2 is 2.19 bits per heavy atom. The van der Waals surface area contributed by atoms with Gasteiger partial charge in [-0.15, -0.1) is 0 Å². The van der Waals surface area contributed by atoms with Gasteiger partial charge in [-0.1, -0.05) is 38.1 Å². The zero-order valence-electron chi connectivity index (χ0n) is 10.2. The molecule has 1 N–H and O–H groups in total. The number of hydrogen-bond acceptors (Lipinski definition) is 2. The Labute approximate surface area is 103 Å². The van der Waals surface area contributed by atoms with Crippen LogP contribution in [-0.2, 0) is 5.75 Å². The highest BCUT2D eigenvalue weighted by Crippen LogP contribution is 2.34. The lowest BCUT2D eigenvalue weighted by atomic mass is 9.98. The summed E-state index contributed by atoms with van der Waals surface area (Å²) < 4.78 is 0. The molecular weight excluding hydrogens is 214 g/mol. The van der Waals surface area contributed by atoms with Crippen LogP contribution in [-0.4, -0.2) is 11.8 Å². The summed E-state index contributed by atoms with van der Waals surface area (Å²) in [6.07, 6.45) is 2.46. The molecular formula is C14H21NS. The van der Waals surface area contributed by atoms with Gasteiger partial charge in [0.25, 0.3) is 0 Å². The van der Waals surface area contributed by atoms with Crippen molar-refractivity contribution in [2.45, 2.75) is 43.7 Å². The zero-order chi connectivity index (χ0) is 11.4. The molecule has 2 atom stereocenters. The van der Waals surface area contributed by atoms with Crippen molar-refractivity contribution >= 4 is 11.8 Å². The van der Waals surface area contributed by atoms with E-state index in [1.807, 2.05) is 0 Å². The highest BCUT2D eigenvalue weighted by molar-refractivity contribution is 7.99. The first-order valence-corrected chi connectivity index (χ1v) is 7.29. The summed E-state index contributed by atoms with van der Waals surface area (Å²) >= 11 is 2.08. The van der Waals surface area contributed by atoms with Gasteiger partial charge in [0.2, 0.25) is 0 Å². The highest BCUT2D eigenvalue weighted by Gasteiger charge is 2.21. The molecule has 2 heteroatoms. The van der Waals surface area contributed by atoms with E-state index in [1.54, 1.807) is 0 Å². The van der Waals surface area contributed by atoms with Crippen molar-refractivity contribution in [1.82, 2.24) is 5.32 Å². The molecule has 1 heterocycles. The lowest BCUT2D eigenvalue weighted by molar-refractivity contribution is 0.500. The smallest absolute Gasteiger partial charge is 0.0333 e. The minimum Gasteiger partial charge on any atom is -0.310 e. The summed E-state index contributed by atoms with van der Waals surface area (Å²) in [7, 11) is 0. The molecule has 0 saturated carbocycles. The molecule has 1 aliphatic rings. The third kappa shape index (κ3) is 2.80. The van der Waals surface area contributed by atoms with Gasteiger partial charge >= 0.3 is 0 Å². The first-order valence-electron chi connectivity index (χ1n) is 6.24. The lowest BCUT2D eigenvalue weighted by Gasteiger charge is -2.20. The highest BCUT2D eigenvalue weighted by atomic mass is 32.2. The Bertz CT molecular complexity index is 337. The number of thioether (sulfide) groups is 1. The number of fused-ring (bicyclic) bond motifs is 1. The van der Waals surface area contributed by atoms with E-state index in [0.717, 1.165) is 11.8 Å². The van der Waals surface area contributed by atoms with Gasteiger partial charge in [0.15, 0.2) is 0 Å². The summed E-state index contributed by atoms with van der Waals surface area (Å²) in [6.45, 7) is 5.70. The molecule has 0 amide bonds. The zero-order valence-corrected chi connectivity index (χ0v) is 11.0. The van der Waals surface area contributed by atoms with Gasteiger partial charge in [0.05, 0.1) is 0 Å². The topological polar surface area (TPSA) is 12.0 Å². The summed E-state index contributed by atoms with van der Waals surface area (Å²) in [4.78, 5) is 0. The molecule has 88 valence electrons. The van der Waals surface area contributed by atoms with Crippen LogP contribution in [0.2, 0.25) is 0 Å². The van der Waals surface area contributed by atoms with Crippen molar-refractivity contribution in [2.24, 2.45) is 0 Å². The van der Waals surface area contributed by atoms with Crippen LogP contribution in [0, 0.1) is 0 Å². The van der Waals surface area contributed by atoms with Gasteiger partial charge in [0.1, 0.15) is 0 Å². The largest absolute Gasteiger partial charge is 0.310 e. The Balaban J connectivity index is 2.20. The summed E-state index contributed by atoms with van der Waals surface area (Å²) in [6, 6.07) is 9.45. The quantitative estimate of drug-likeness (QED) is 0.856. The number of benzene rings is 1. The molecule has 2 unspecified atom stereocenters. The molecule has 0 aromatic heterocycles. The maximum absolute atomic E-state index is 3.68. The van der Waals surface area contributed by atoms with Crippen molar-refractivity contribution in [3.63, 3.8) is 0 Å². The molecule has 1 nitrogen and oxygen atoms in total. The van der Waals surface area contributed by atoms with Gasteiger partial charge in [-0.05, 0) is 30.5 Å². The van der Waals surface area contributed by atoms with E-state index in [9.17, 15) is 0 Å². The van der Waals surface area contributed by atoms with E-state index >= 15 is 0 Å². The average molecular weight is 235 g/mol. The second-order valence-electron chi connectivity index (χ2n) is 4.56. The van der Waals surface area contributed by atoms with Crippen LogP contribution in [0.15, 0.2) is 24.3 Å². The van der Waals surface area contributed by atoms with Crippen LogP contribution < -0.4 is 5.32 Å². The minimum absolute atomic E-state index is 0.557. The Kier molecular flexibility index (Phi) is 4.30. The van der Waals surface area contributed by atoms with E-state index in [1.165, 1.54) is 29.7 Å². The van der Waals surface area contributed by atoms with Crippen LogP contribution in [0.1, 0.15) is 43.9 Å². The SMILES string of the molecule is CCCNC1CC(C)SCc2ccccc21. The fraction of sp³-hybridized carbons (Fsp3) is 0.571. The van der Waals surface area contributed by atoms with E-state index in [-0.39, 0.29) is 0 Å². The van der Waals surface area contributed by atoms with E-state index in [4.69, 9.17) is 0 Å². The number of hydrogen-bond donors (Lipinski definition) is 1. The standard InChI is InChI=1S/C14H21NS/c1-3-8-15-14-9-11(2)16-10-12-6-4-5-7-13(12)14/h4-7,11,14-15H,3,8-10H2,1-2H3. The van der Waals surface area contributed by atoms with Crippen molar-refractivity contribution < 1.29 is 0 Å². The van der Waals surface area contributed by atoms with Crippen LogP contribution in [0.25, 0.3) is 0 Å². The normalized spacial score (nSPS) is 24.9. The van der Waals surface area contributed by atoms with Gasteiger partial charge in [0, 0.05) is 17.0 Å². The van der Waals surface area contributed by atoms with E-state index in [2.05, 4.69) is 55.2 Å². The molecule has 1 aliphatic heterocycles. The Hall–Kier alpha value is -0.470. The van der Waals surface area contributed by atoms with Crippen LogP contribution >= 0.6 is 11.8 Å². The first kappa shape index (κ1) is 12.0. The fourth-order valence-electron chi connectivity index (χ4n) is 2.28. The molecule has 1 aromatic rings. The predicted octanol–water partition coefficient (Wildman–Crippen LogP) is 3.75. The molecule has 0 saturated heterocycles. The van der Waals surface area contributed by atoms with Crippen molar-refractivity contribution in [3.8, 4) is 0 Å². The first-order chi connectivity index (χ1) is 7.81. The third-order valence-corrected chi connectivity index (χ3v) is 4.40. The molecule has 0 aliphatic carbocycles. The maximum atomic E-state index is 3.68. The van der Waals surface area contributed by atoms with E-state index < -0.39 is 0 Å². The van der Waals surface area contributed by atoms with Crippen LogP contribution in [0.3, 0.4) is 0 Å². The second-order valence-corrected chi connectivity index (χ2v) is 5.99. The van der Waals surface area contributed by atoms with Crippen molar-refractivity contribution in [1.29, 1.82) is 0 Å². The minimum atomic E-state index is 0.557. The fourth-order valence-corrected chi connectivity index (χ4v) is 3.33. The Morgan fingerprint density at radius 1 is 1.38 bits per heavy atom. The molecule has 0 spiro atoms. The van der Waals surface area contributed by atoms with Crippen LogP contribution in [0.5, 0.6) is 0 Å². The monoisotopic (exact) mass is 235 g/mol. The molecule has 2 rings (SSSR count). The second kappa shape index (κ2) is 5.74. The number of nitrogens with one attached hydrogen (secondary N) is 1. The third-order valence-electron chi connectivity index (χ3n) is 3.16. The van der Waals surface area contributed by atoms with E-state index in [0.29, 0.717) is 6.04 Å². The molecule has 0 bridgehead atoms. The van der Waals surface area contributed by atoms with Gasteiger partial charge in [-0.3, -0.25) is 0 Å². The molecule has 0 radical (unpaired) electrons. The maximum Gasteiger partial charge on any atom is 0.0333 e. The van der Waals surface area contributed by atoms with Crippen LogP contribution in [0.4, 0.5) is 0 Å². The summed E-state index contributed by atoms with van der Waals surface area (Å²) in [5.74, 6) is 1.17. The summed E-state index contributed by atoms with van der Waals surface area (Å²) in [5.41, 5.74) is 3.04. The number of rotatable bonds is 3. The van der Waals surface area contributed by atoms with Crippen molar-refractivity contribution in [3.05, 3.63) is 35.4 Å². The predicted molar refractivity (Wildman–Crippen MR) is 72.9 cm³/mol. The van der Waals surface area contributed by atoms with Gasteiger partial charge in [-0.2, -0.15) is 11.8 Å². The van der Waals surface area contributed by atoms with Gasteiger partial charge < -0.3 is 5.32 Å². The Morgan fingerprint density at radius 3 is 3.00 bits per heavy atom.